The van der Waals surface area contributed by atoms with E-state index in [0.29, 0.717) is 18.2 Å². The van der Waals surface area contributed by atoms with E-state index in [4.69, 9.17) is 21.7 Å². The van der Waals surface area contributed by atoms with E-state index in [0.717, 1.165) is 51.1 Å². The van der Waals surface area contributed by atoms with Crippen molar-refractivity contribution >= 4 is 33.7 Å². The van der Waals surface area contributed by atoms with Gasteiger partial charge in [0, 0.05) is 17.7 Å². The number of benzene rings is 2. The summed E-state index contributed by atoms with van der Waals surface area (Å²) in [4.78, 5) is 19.3. The minimum Gasteiger partial charge on any atom is -1.00 e. The van der Waals surface area contributed by atoms with Crippen molar-refractivity contribution in [1.29, 1.82) is 0 Å². The lowest BCUT2D eigenvalue weighted by atomic mass is 10.1. The lowest BCUT2D eigenvalue weighted by molar-refractivity contribution is -0.386. The number of aryl methyl sites for hydroxylation is 2. The molecule has 4 aromatic heterocycles. The minimum absolute atomic E-state index is 0. The zero-order valence-electron chi connectivity index (χ0n) is 28.5. The third-order valence-corrected chi connectivity index (χ3v) is 8.10. The molecule has 0 unspecified atom stereocenters. The molecule has 12 nitrogen and oxygen atoms in total. The summed E-state index contributed by atoms with van der Waals surface area (Å²) in [5.74, 6) is 0.911. The molecule has 0 aliphatic heterocycles. The lowest BCUT2D eigenvalue weighted by Crippen LogP contribution is -3.00. The predicted octanol–water partition coefficient (Wildman–Crippen LogP) is 1.68. The number of halogens is 1. The smallest absolute Gasteiger partial charge is 0.164 e. The van der Waals surface area contributed by atoms with Crippen molar-refractivity contribution in [3.63, 3.8) is 0 Å². The third-order valence-electron chi connectivity index (χ3n) is 8.10. The monoisotopic (exact) mass is 716 g/mol. The second kappa shape index (κ2) is 14.8. The molecule has 6 aromatic rings. The lowest BCUT2D eigenvalue weighted by Gasteiger charge is -2.29. The van der Waals surface area contributed by atoms with E-state index in [1.54, 1.807) is 0 Å². The number of nitrogen functional groups attached to an aromatic ring is 2. The fourth-order valence-corrected chi connectivity index (χ4v) is 5.57. The molecule has 7 N–H and O–H groups in total. The van der Waals surface area contributed by atoms with Gasteiger partial charge in [-0.3, -0.25) is 0 Å². The molecule has 0 spiro atoms. The molecule has 6 rings (SSSR count). The first-order valence-corrected chi connectivity index (χ1v) is 15.3. The van der Waals surface area contributed by atoms with Gasteiger partial charge in [0.15, 0.2) is 11.3 Å². The Morgan fingerprint density at radius 3 is 1.40 bits per heavy atom. The van der Waals surface area contributed by atoms with Gasteiger partial charge in [-0.05, 0) is 55.6 Å². The quantitative estimate of drug-likeness (QED) is 0.223. The molecule has 2 aromatic carbocycles. The molecule has 4 heterocycles. The SMILES string of the molecule is C.Cc1ccc(-c2nn(C(C)(C)CN(C)C)c3ncnc(N)c23)cc1.Cc1ccc(-c2nn(C(C)(C)C[NH3+])c3ncnc(N)c23)cc1.[Br-]. The van der Waals surface area contributed by atoms with Crippen LogP contribution in [-0.4, -0.2) is 71.6 Å². The molecular weight excluding hydrogens is 668 g/mol. The number of fused-ring (bicyclic) bond motifs is 2. The summed E-state index contributed by atoms with van der Waals surface area (Å²) in [7, 11) is 4.11. The van der Waals surface area contributed by atoms with Crippen LogP contribution in [0.25, 0.3) is 44.6 Å². The molecule has 0 atom stereocenters. The normalized spacial score (nSPS) is 11.6. The first kappa shape index (κ1) is 38.0. The number of anilines is 2. The molecule has 256 valence electrons. The van der Waals surface area contributed by atoms with Crippen molar-refractivity contribution < 1.29 is 22.7 Å². The molecule has 13 heteroatoms. The maximum atomic E-state index is 6.17. The van der Waals surface area contributed by atoms with Crippen LogP contribution >= 0.6 is 0 Å². The summed E-state index contributed by atoms with van der Waals surface area (Å²) in [6.07, 6.45) is 2.98. The van der Waals surface area contributed by atoms with Gasteiger partial charge in [-0.2, -0.15) is 10.2 Å². The highest BCUT2D eigenvalue weighted by atomic mass is 79.9. The Morgan fingerprint density at radius 1 is 0.667 bits per heavy atom. The Balaban J connectivity index is 0.000000251. The third kappa shape index (κ3) is 7.48. The molecule has 0 saturated heterocycles. The van der Waals surface area contributed by atoms with Crippen molar-refractivity contribution in [2.75, 3.05) is 38.7 Å². The first-order valence-electron chi connectivity index (χ1n) is 15.3. The zero-order valence-corrected chi connectivity index (χ0v) is 30.0. The average Bonchev–Trinajstić information content (AvgIpc) is 3.60. The molecule has 0 radical (unpaired) electrons. The number of hydrogen-bond donors (Lipinski definition) is 3. The van der Waals surface area contributed by atoms with E-state index in [1.165, 1.54) is 23.8 Å². The van der Waals surface area contributed by atoms with Crippen LogP contribution < -0.4 is 34.2 Å². The molecular formula is C35H49BrN12. The van der Waals surface area contributed by atoms with Gasteiger partial charge in [-0.1, -0.05) is 67.1 Å². The average molecular weight is 718 g/mol. The number of nitrogens with two attached hydrogens (primary N) is 2. The molecule has 48 heavy (non-hydrogen) atoms. The van der Waals surface area contributed by atoms with Crippen molar-refractivity contribution in [3.8, 4) is 22.5 Å². The van der Waals surface area contributed by atoms with E-state index >= 15 is 0 Å². The summed E-state index contributed by atoms with van der Waals surface area (Å²) in [6, 6.07) is 16.5. The number of likely N-dealkylation sites (N-methyl/N-ethyl adjacent to an activating group) is 1. The van der Waals surface area contributed by atoms with Crippen LogP contribution in [0.2, 0.25) is 0 Å². The summed E-state index contributed by atoms with van der Waals surface area (Å²) in [5.41, 5.74) is 23.4. The van der Waals surface area contributed by atoms with E-state index in [2.05, 4.69) is 123 Å². The van der Waals surface area contributed by atoms with Gasteiger partial charge in [0.05, 0.1) is 22.9 Å². The summed E-state index contributed by atoms with van der Waals surface area (Å²) in [6.45, 7) is 14.1. The van der Waals surface area contributed by atoms with Crippen LogP contribution in [0.4, 0.5) is 11.6 Å². The Hall–Kier alpha value is -4.46. The van der Waals surface area contributed by atoms with Gasteiger partial charge >= 0.3 is 0 Å². The van der Waals surface area contributed by atoms with Gasteiger partial charge in [0.2, 0.25) is 0 Å². The van der Waals surface area contributed by atoms with Crippen LogP contribution in [0.15, 0.2) is 61.2 Å². The van der Waals surface area contributed by atoms with E-state index in [9.17, 15) is 0 Å². The molecule has 0 aliphatic rings. The van der Waals surface area contributed by atoms with Crippen LogP contribution in [0.5, 0.6) is 0 Å². The summed E-state index contributed by atoms with van der Waals surface area (Å²) in [5, 5.41) is 11.3. The highest BCUT2D eigenvalue weighted by Gasteiger charge is 2.29. The fourth-order valence-electron chi connectivity index (χ4n) is 5.57. The van der Waals surface area contributed by atoms with Gasteiger partial charge in [-0.15, -0.1) is 0 Å². The maximum Gasteiger partial charge on any atom is 0.164 e. The second-order valence-corrected chi connectivity index (χ2v) is 13.3. The predicted molar refractivity (Wildman–Crippen MR) is 192 cm³/mol. The summed E-state index contributed by atoms with van der Waals surface area (Å²) >= 11 is 0. The zero-order chi connectivity index (χ0) is 33.4. The van der Waals surface area contributed by atoms with Gasteiger partial charge in [0.25, 0.3) is 0 Å². The van der Waals surface area contributed by atoms with E-state index < -0.39 is 0 Å². The summed E-state index contributed by atoms with van der Waals surface area (Å²) < 4.78 is 3.87. The first-order chi connectivity index (χ1) is 21.7. The number of rotatable bonds is 7. The van der Waals surface area contributed by atoms with Gasteiger partial charge in [0.1, 0.15) is 41.2 Å². The molecule has 0 aliphatic carbocycles. The Kier molecular flexibility index (Phi) is 11.7. The van der Waals surface area contributed by atoms with Crippen molar-refractivity contribution in [1.82, 2.24) is 44.4 Å². The number of quaternary nitrogens is 1. The largest absolute Gasteiger partial charge is 1.00 e. The van der Waals surface area contributed by atoms with Crippen LogP contribution in [0.1, 0.15) is 46.2 Å². The standard InChI is InChI=1S/C18H24N6.C16H20N6.CH4.BrH/c1-12-6-8-13(9-7-12)15-14-16(19)20-11-21-17(14)24(22-15)18(2,3)10-23(4)5;1-10-4-6-11(7-5-10)13-12-14(18)19-9-20-15(12)22(21-13)16(2,3)8-17;;/h6-9,11H,10H2,1-5H3,(H2,19,20,21);4-7,9H,8,17H2,1-3H3,(H2,18,19,20);1H4;1H. The second-order valence-electron chi connectivity index (χ2n) is 13.3. The molecule has 0 amide bonds. The number of aromatic nitrogens is 8. The van der Waals surface area contributed by atoms with Crippen LogP contribution in [-0.2, 0) is 11.1 Å². The molecule has 0 saturated carbocycles. The Bertz CT molecular complexity index is 1970. The minimum atomic E-state index is -0.248. The maximum absolute atomic E-state index is 6.17. The van der Waals surface area contributed by atoms with Crippen LogP contribution in [0.3, 0.4) is 0 Å². The topological polar surface area (TPSA) is 170 Å². The van der Waals surface area contributed by atoms with Crippen molar-refractivity contribution in [3.05, 3.63) is 72.3 Å². The molecule has 0 bridgehead atoms. The fraction of sp³-hybridized carbons (Fsp3) is 0.371. The number of hydrogen-bond acceptors (Lipinski definition) is 9. The Labute approximate surface area is 293 Å². The molecule has 0 fully saturated rings. The van der Waals surface area contributed by atoms with Crippen LogP contribution in [0, 0.1) is 13.8 Å². The highest BCUT2D eigenvalue weighted by molar-refractivity contribution is 5.99. The highest BCUT2D eigenvalue weighted by Crippen LogP contribution is 2.34. The van der Waals surface area contributed by atoms with E-state index in [-0.39, 0.29) is 35.5 Å². The number of nitrogens with zero attached hydrogens (tertiary/aromatic N) is 9. The Morgan fingerprint density at radius 2 is 1.04 bits per heavy atom. The van der Waals surface area contributed by atoms with Crippen molar-refractivity contribution in [2.45, 2.75) is 60.0 Å². The van der Waals surface area contributed by atoms with E-state index in [1.807, 2.05) is 21.5 Å². The van der Waals surface area contributed by atoms with Gasteiger partial charge in [-0.25, -0.2) is 29.3 Å². The van der Waals surface area contributed by atoms with Gasteiger partial charge < -0.3 is 39.1 Å². The van der Waals surface area contributed by atoms with Crippen molar-refractivity contribution in [2.24, 2.45) is 0 Å².